The van der Waals surface area contributed by atoms with Crippen molar-refractivity contribution < 1.29 is 96.7 Å². The van der Waals surface area contributed by atoms with Gasteiger partial charge in [-0.1, -0.05) is 93.6 Å². The highest BCUT2D eigenvalue weighted by molar-refractivity contribution is 6.63. The topological polar surface area (TPSA) is 385 Å². The van der Waals surface area contributed by atoms with E-state index in [4.69, 9.17) is 60.7 Å². The van der Waals surface area contributed by atoms with Crippen molar-refractivity contribution in [2.75, 3.05) is 46.6 Å². The second-order valence-electron chi connectivity index (χ2n) is 17.1. The summed E-state index contributed by atoms with van der Waals surface area (Å²) in [6.45, 7) is 13.8. The summed E-state index contributed by atoms with van der Waals surface area (Å²) in [5.74, 6) is -3.98. The van der Waals surface area contributed by atoms with Crippen molar-refractivity contribution in [3.05, 3.63) is 126 Å². The number of amides is 2. The summed E-state index contributed by atoms with van der Waals surface area (Å²) in [6.07, 6.45) is 12.1. The molecule has 11 N–H and O–H groups in total. The van der Waals surface area contributed by atoms with Gasteiger partial charge in [0.15, 0.2) is 11.9 Å². The number of rotatable bonds is 24. The number of nitrogens with two attached hydrogens (primary N) is 1. The first-order chi connectivity index (χ1) is 38.5. The fraction of sp³-hybridized carbons (Fsp3) is 0.431. The van der Waals surface area contributed by atoms with Gasteiger partial charge in [0.05, 0.1) is 63.0 Å². The van der Waals surface area contributed by atoms with E-state index in [2.05, 4.69) is 15.4 Å². The summed E-state index contributed by atoms with van der Waals surface area (Å²) in [4.78, 5) is 102. The lowest BCUT2D eigenvalue weighted by molar-refractivity contribution is -0.157. The predicted molar refractivity (Wildman–Crippen MR) is 309 cm³/mol. The zero-order valence-electron chi connectivity index (χ0n) is 48.6. The molecule has 3 atom stereocenters. The number of aliphatic hydroxyl groups excluding tert-OH is 2. The molecule has 0 saturated carbocycles. The van der Waals surface area contributed by atoms with Crippen LogP contribution in [-0.2, 0) is 52.5 Å². The van der Waals surface area contributed by atoms with Crippen LogP contribution in [-0.4, -0.2) is 139 Å². The lowest BCUT2D eigenvalue weighted by Crippen LogP contribution is -2.38. The van der Waals surface area contributed by atoms with Gasteiger partial charge in [-0.25, -0.2) is 4.79 Å². The fourth-order valence-corrected chi connectivity index (χ4v) is 6.07. The van der Waals surface area contributed by atoms with Gasteiger partial charge in [-0.05, 0) is 81.1 Å². The first-order valence-electron chi connectivity index (χ1n) is 25.7. The van der Waals surface area contributed by atoms with Gasteiger partial charge in [0.2, 0.25) is 5.24 Å². The van der Waals surface area contributed by atoms with Crippen LogP contribution in [0.2, 0.25) is 0 Å². The summed E-state index contributed by atoms with van der Waals surface area (Å²) >= 11 is 5.02. The van der Waals surface area contributed by atoms with E-state index in [1.54, 1.807) is 54.6 Å². The molecule has 83 heavy (non-hydrogen) atoms. The van der Waals surface area contributed by atoms with Crippen LogP contribution in [0.3, 0.4) is 0 Å². The van der Waals surface area contributed by atoms with Crippen LogP contribution in [0.1, 0.15) is 125 Å². The molecule has 462 valence electrons. The van der Waals surface area contributed by atoms with Crippen LogP contribution < -0.4 is 36.7 Å². The molecule has 3 aromatic rings. The molecule has 25 heteroatoms. The van der Waals surface area contributed by atoms with E-state index < -0.39 is 72.2 Å². The number of carbonyl (C=O) groups excluding carboxylic acids is 9. The van der Waals surface area contributed by atoms with Gasteiger partial charge >= 0.3 is 35.8 Å². The summed E-state index contributed by atoms with van der Waals surface area (Å²) in [6, 6.07) is 18.9. The van der Waals surface area contributed by atoms with Crippen LogP contribution in [0.15, 0.2) is 109 Å². The van der Waals surface area contributed by atoms with Crippen LogP contribution in [0, 0.1) is 0 Å². The number of ether oxygens (including phenoxy) is 8. The van der Waals surface area contributed by atoms with Crippen molar-refractivity contribution >= 4 is 64.5 Å². The maximum Gasteiger partial charge on any atom is 0.341 e. The number of para-hydroxylation sites is 3. The highest BCUT2D eigenvalue weighted by Gasteiger charge is 2.31. The molecule has 0 radical (unpaired) electrons. The highest BCUT2D eigenvalue weighted by atomic mass is 35.5. The SMILES string of the molecule is CC(=O)Oc1ccccc1C(=O)NCC(O)CO.CC/C=C\CC(=O)Cl.CC/C=C\CC(=O)OCC(CNC(=O)c1ccccc1OC(C)=O)OC(=O)C/C=C\CC.CC1(C)OCC(CN)O1.COC(=O)c1ccccc1OC(C)=O.N.O. The molecule has 1 saturated heterocycles. The van der Waals surface area contributed by atoms with Crippen molar-refractivity contribution in [2.24, 2.45) is 5.73 Å². The number of hydrogen-bond acceptors (Lipinski definition) is 21. The Morgan fingerprint density at radius 2 is 1.08 bits per heavy atom. The Bertz CT molecular complexity index is 2540. The van der Waals surface area contributed by atoms with Gasteiger partial charge < -0.3 is 76.1 Å². The van der Waals surface area contributed by atoms with Gasteiger partial charge in [-0.3, -0.25) is 38.4 Å². The monoisotopic (exact) mass is 1190 g/mol. The number of methoxy groups -OCH3 is 1. The number of carbonyl (C=O) groups is 9. The van der Waals surface area contributed by atoms with E-state index in [1.165, 1.54) is 64.3 Å². The third-order valence-corrected chi connectivity index (χ3v) is 9.78. The van der Waals surface area contributed by atoms with Crippen LogP contribution in [0.5, 0.6) is 17.2 Å². The summed E-state index contributed by atoms with van der Waals surface area (Å²) in [7, 11) is 1.27. The molecule has 1 aliphatic heterocycles. The largest absolute Gasteiger partial charge is 0.465 e. The number of nitrogens with one attached hydrogen (secondary N) is 2. The molecule has 1 fully saturated rings. The van der Waals surface area contributed by atoms with E-state index in [-0.39, 0.29) is 89.5 Å². The van der Waals surface area contributed by atoms with Crippen molar-refractivity contribution in [3.63, 3.8) is 0 Å². The van der Waals surface area contributed by atoms with E-state index in [1.807, 2.05) is 52.8 Å². The van der Waals surface area contributed by atoms with Gasteiger partial charge in [0.25, 0.3) is 11.8 Å². The molecule has 1 aliphatic rings. The molecule has 2 amide bonds. The van der Waals surface area contributed by atoms with Crippen molar-refractivity contribution in [1.29, 1.82) is 0 Å². The Hall–Kier alpha value is -7.68. The van der Waals surface area contributed by atoms with Crippen molar-refractivity contribution in [3.8, 4) is 17.2 Å². The van der Waals surface area contributed by atoms with E-state index in [9.17, 15) is 43.2 Å². The second kappa shape index (κ2) is 46.9. The normalized spacial score (nSPS) is 13.2. The predicted octanol–water partition coefficient (Wildman–Crippen LogP) is 6.14. The molecule has 3 unspecified atom stereocenters. The van der Waals surface area contributed by atoms with Gasteiger partial charge in [0, 0.05) is 40.3 Å². The van der Waals surface area contributed by atoms with Gasteiger partial charge in [-0.2, -0.15) is 0 Å². The van der Waals surface area contributed by atoms with E-state index in [0.29, 0.717) is 19.6 Å². The first-order valence-corrected chi connectivity index (χ1v) is 26.1. The Morgan fingerprint density at radius 1 is 0.675 bits per heavy atom. The number of hydrogen-bond donors (Lipinski definition) is 6. The Kier molecular flexibility index (Phi) is 44.9. The van der Waals surface area contributed by atoms with E-state index in [0.717, 1.165) is 19.3 Å². The average molecular weight is 1190 g/mol. The molecular weight excluding hydrogens is 1110 g/mol. The summed E-state index contributed by atoms with van der Waals surface area (Å²) in [5, 5.41) is 22.5. The molecule has 0 spiro atoms. The smallest absolute Gasteiger partial charge is 0.341 e. The third-order valence-electron chi connectivity index (χ3n) is 9.63. The average Bonchev–Trinajstić information content (AvgIpc) is 3.80. The van der Waals surface area contributed by atoms with Gasteiger partial charge in [-0.15, -0.1) is 0 Å². The van der Waals surface area contributed by atoms with Crippen LogP contribution >= 0.6 is 11.6 Å². The Balaban J connectivity index is -0.00000106. The maximum absolute atomic E-state index is 12.6. The van der Waals surface area contributed by atoms with E-state index >= 15 is 0 Å². The lowest BCUT2D eigenvalue weighted by atomic mass is 10.2. The minimum absolute atomic E-state index is 0. The number of benzene rings is 3. The Labute approximate surface area is 489 Å². The molecular formula is C58H83ClN4O20. The number of esters is 6. The zero-order chi connectivity index (χ0) is 61.2. The molecule has 1 heterocycles. The quantitative estimate of drug-likeness (QED) is 0.0193. The van der Waals surface area contributed by atoms with Gasteiger partial charge in [0.1, 0.15) is 29.4 Å². The van der Waals surface area contributed by atoms with Crippen molar-refractivity contribution in [2.45, 2.75) is 118 Å². The minimum Gasteiger partial charge on any atom is -0.465 e. The molecule has 0 bridgehead atoms. The zero-order valence-corrected chi connectivity index (χ0v) is 49.4. The lowest BCUT2D eigenvalue weighted by Gasteiger charge is -2.18. The number of aliphatic hydroxyl groups is 2. The summed E-state index contributed by atoms with van der Waals surface area (Å²) < 4.78 is 40.4. The molecule has 0 aliphatic carbocycles. The third kappa shape index (κ3) is 38.6. The minimum atomic E-state index is -1.02. The number of allylic oxidation sites excluding steroid dienone is 4. The molecule has 3 aromatic carbocycles. The standard InChI is InChI=1S/C24H31NO7.C12H15NO5.C10H10O4.C6H9ClO.C6H13NO2.H3N.H2O/c1-4-6-8-14-22(27)30-17-19(32-23(28)15-9-7-5-2)16-25-24(29)20-12-10-11-13-21(20)31-18(3)26;1-8(15)18-11-5-3-2-4-10(11)12(17)13-6-9(16)7-14;1-7(11)14-9-6-4-3-5-8(9)10(12)13-2;1-2-3-4-5-6(7)8;1-6(2)8-4-5(3-7)9-6;;/h6-13,19H,4-5,14-17H2,1-3H3,(H,25,29);2-5,9,14,16H,6-7H2,1H3,(H,13,17);3-6H,1-2H3;3-4H,2,5H2,1H3;5H,3-4,7H2,1-2H3;1H3;1H2/b8-6-,9-7-;;;4-3-;;;. The van der Waals surface area contributed by atoms with Crippen LogP contribution in [0.4, 0.5) is 0 Å². The Morgan fingerprint density at radius 3 is 1.46 bits per heavy atom. The molecule has 24 nitrogen and oxygen atoms in total. The number of halogens is 1. The first kappa shape index (κ1) is 79.5. The maximum atomic E-state index is 12.6. The van der Waals surface area contributed by atoms with Crippen LogP contribution in [0.25, 0.3) is 0 Å². The highest BCUT2D eigenvalue weighted by Crippen LogP contribution is 2.22. The van der Waals surface area contributed by atoms with Crippen molar-refractivity contribution in [1.82, 2.24) is 16.8 Å². The fourth-order valence-electron chi connectivity index (χ4n) is 5.99. The molecule has 0 aromatic heterocycles. The summed E-state index contributed by atoms with van der Waals surface area (Å²) in [5.41, 5.74) is 5.94. The second-order valence-corrected chi connectivity index (χ2v) is 17.5. The molecule has 4 rings (SSSR count).